The summed E-state index contributed by atoms with van der Waals surface area (Å²) in [5.41, 5.74) is 3.78. The highest BCUT2D eigenvalue weighted by Gasteiger charge is 2.25. The fraction of sp³-hybridized carbons (Fsp3) is 0.333. The van der Waals surface area contributed by atoms with Gasteiger partial charge < -0.3 is 14.5 Å². The summed E-state index contributed by atoms with van der Waals surface area (Å²) in [5.74, 6) is 1.05. The van der Waals surface area contributed by atoms with Crippen molar-refractivity contribution in [3.8, 4) is 11.8 Å². The molecule has 0 aromatic heterocycles. The minimum Gasteiger partial charge on any atom is -0.493 e. The molecule has 2 aliphatic rings. The van der Waals surface area contributed by atoms with Crippen molar-refractivity contribution in [2.75, 3.05) is 32.8 Å². The number of hydrogen-bond donors (Lipinski definition) is 1. The molecule has 0 bridgehead atoms. The summed E-state index contributed by atoms with van der Waals surface area (Å²) in [7, 11) is 0. The molecule has 2 heterocycles. The van der Waals surface area contributed by atoms with E-state index in [9.17, 15) is 4.79 Å². The topological polar surface area (TPSA) is 57.8 Å². The lowest BCUT2D eigenvalue weighted by molar-refractivity contribution is -0.917. The van der Waals surface area contributed by atoms with Crippen molar-refractivity contribution in [2.45, 2.75) is 13.0 Å². The summed E-state index contributed by atoms with van der Waals surface area (Å²) in [5, 5.41) is 9.00. The Labute approximate surface area is 153 Å². The number of piperazine rings is 1. The van der Waals surface area contributed by atoms with Crippen LogP contribution in [0.2, 0.25) is 0 Å². The zero-order chi connectivity index (χ0) is 17.9. The number of carbonyl (C=O) groups is 1. The molecule has 5 heteroatoms. The highest BCUT2D eigenvalue weighted by Crippen LogP contribution is 2.25. The molecular formula is C21H22N3O2+. The molecule has 2 aromatic rings. The van der Waals surface area contributed by atoms with E-state index in [1.807, 2.05) is 4.90 Å². The molecule has 2 aromatic carbocycles. The summed E-state index contributed by atoms with van der Waals surface area (Å²) >= 11 is 0. The highest BCUT2D eigenvalue weighted by molar-refractivity contribution is 5.94. The summed E-state index contributed by atoms with van der Waals surface area (Å²) in [4.78, 5) is 16.1. The fourth-order valence-corrected chi connectivity index (χ4v) is 3.75. The molecule has 1 N–H and O–H groups in total. The number of rotatable bonds is 3. The van der Waals surface area contributed by atoms with Crippen LogP contribution >= 0.6 is 0 Å². The van der Waals surface area contributed by atoms with Gasteiger partial charge in [-0.15, -0.1) is 0 Å². The van der Waals surface area contributed by atoms with Crippen LogP contribution in [0.1, 0.15) is 27.0 Å². The second-order valence-corrected chi connectivity index (χ2v) is 6.95. The Balaban J connectivity index is 1.35. The third-order valence-corrected chi connectivity index (χ3v) is 5.20. The van der Waals surface area contributed by atoms with E-state index in [4.69, 9.17) is 10.00 Å². The Morgan fingerprint density at radius 3 is 2.85 bits per heavy atom. The number of quaternary nitrogens is 1. The number of hydrogen-bond acceptors (Lipinski definition) is 3. The third kappa shape index (κ3) is 3.42. The maximum Gasteiger partial charge on any atom is 0.254 e. The van der Waals surface area contributed by atoms with Crippen molar-refractivity contribution < 1.29 is 14.4 Å². The van der Waals surface area contributed by atoms with Gasteiger partial charge in [0.15, 0.2) is 0 Å². The standard InChI is InChI=1S/C21H21N3O2/c22-14-16-2-1-3-19(12-16)21(25)24-9-7-23(8-10-24)15-17-4-5-20-18(13-17)6-11-26-20/h1-5,12-13H,6-11,15H2/p+1. The molecule has 0 saturated carbocycles. The average Bonchev–Trinajstić information content (AvgIpc) is 3.16. The zero-order valence-electron chi connectivity index (χ0n) is 14.7. The first-order chi connectivity index (χ1) is 12.7. The minimum atomic E-state index is 0.0239. The lowest BCUT2D eigenvalue weighted by Crippen LogP contribution is -3.13. The van der Waals surface area contributed by atoms with Crippen LogP contribution < -0.4 is 9.64 Å². The van der Waals surface area contributed by atoms with E-state index in [1.165, 1.54) is 16.0 Å². The maximum atomic E-state index is 12.7. The van der Waals surface area contributed by atoms with E-state index in [0.29, 0.717) is 11.1 Å². The number of amides is 1. The van der Waals surface area contributed by atoms with Gasteiger partial charge in [0.1, 0.15) is 12.3 Å². The zero-order valence-corrected chi connectivity index (χ0v) is 14.7. The van der Waals surface area contributed by atoms with E-state index >= 15 is 0 Å². The molecule has 1 fully saturated rings. The van der Waals surface area contributed by atoms with Crippen molar-refractivity contribution in [1.82, 2.24) is 4.90 Å². The van der Waals surface area contributed by atoms with Crippen molar-refractivity contribution in [2.24, 2.45) is 0 Å². The lowest BCUT2D eigenvalue weighted by atomic mass is 10.1. The first kappa shape index (κ1) is 16.6. The predicted octanol–water partition coefficient (Wildman–Crippen LogP) is 1.03. The quantitative estimate of drug-likeness (QED) is 0.902. The molecule has 1 saturated heterocycles. The molecule has 0 spiro atoms. The molecule has 4 rings (SSSR count). The van der Waals surface area contributed by atoms with Crippen LogP contribution in [-0.4, -0.2) is 43.6 Å². The van der Waals surface area contributed by atoms with Crippen LogP contribution in [0.5, 0.6) is 5.75 Å². The first-order valence-corrected chi connectivity index (χ1v) is 9.10. The third-order valence-electron chi connectivity index (χ3n) is 5.20. The summed E-state index contributed by atoms with van der Waals surface area (Å²) < 4.78 is 5.57. The molecule has 0 atom stereocenters. The Kier molecular flexibility index (Phi) is 4.59. The van der Waals surface area contributed by atoms with Gasteiger partial charge in [-0.05, 0) is 42.0 Å². The van der Waals surface area contributed by atoms with E-state index in [2.05, 4.69) is 24.3 Å². The number of benzene rings is 2. The van der Waals surface area contributed by atoms with Crippen LogP contribution in [-0.2, 0) is 13.0 Å². The minimum absolute atomic E-state index is 0.0239. The lowest BCUT2D eigenvalue weighted by Gasteiger charge is -2.32. The SMILES string of the molecule is N#Cc1cccc(C(=O)N2CC[NH+](Cc3ccc4c(c3)CCO4)CC2)c1. The van der Waals surface area contributed by atoms with E-state index in [-0.39, 0.29) is 5.91 Å². The van der Waals surface area contributed by atoms with Crippen molar-refractivity contribution >= 4 is 5.91 Å². The van der Waals surface area contributed by atoms with Crippen LogP contribution in [0.15, 0.2) is 42.5 Å². The summed E-state index contributed by atoms with van der Waals surface area (Å²) in [6, 6.07) is 15.5. The van der Waals surface area contributed by atoms with Crippen molar-refractivity contribution in [3.63, 3.8) is 0 Å². The fourth-order valence-electron chi connectivity index (χ4n) is 3.75. The van der Waals surface area contributed by atoms with Gasteiger partial charge in [0.2, 0.25) is 0 Å². The van der Waals surface area contributed by atoms with Gasteiger partial charge in [0.05, 0.1) is 44.4 Å². The average molecular weight is 348 g/mol. The van der Waals surface area contributed by atoms with Crippen LogP contribution in [0.4, 0.5) is 0 Å². The van der Waals surface area contributed by atoms with Gasteiger partial charge in [-0.3, -0.25) is 4.79 Å². The number of nitrogens with one attached hydrogen (secondary N) is 1. The number of ether oxygens (including phenoxy) is 1. The predicted molar refractivity (Wildman–Crippen MR) is 97.1 cm³/mol. The van der Waals surface area contributed by atoms with Crippen LogP contribution in [0.3, 0.4) is 0 Å². The van der Waals surface area contributed by atoms with Gasteiger partial charge in [0, 0.05) is 17.5 Å². The van der Waals surface area contributed by atoms with Crippen LogP contribution in [0, 0.1) is 11.3 Å². The van der Waals surface area contributed by atoms with E-state index in [0.717, 1.165) is 51.5 Å². The van der Waals surface area contributed by atoms with Gasteiger partial charge >= 0.3 is 0 Å². The van der Waals surface area contributed by atoms with Gasteiger partial charge in [-0.25, -0.2) is 0 Å². The highest BCUT2D eigenvalue weighted by atomic mass is 16.5. The molecule has 1 amide bonds. The van der Waals surface area contributed by atoms with Gasteiger partial charge in [-0.2, -0.15) is 5.26 Å². The Morgan fingerprint density at radius 2 is 2.04 bits per heavy atom. The molecule has 0 radical (unpaired) electrons. The smallest absolute Gasteiger partial charge is 0.254 e. The number of nitriles is 1. The molecule has 5 nitrogen and oxygen atoms in total. The van der Waals surface area contributed by atoms with Gasteiger partial charge in [-0.1, -0.05) is 6.07 Å². The molecule has 26 heavy (non-hydrogen) atoms. The van der Waals surface area contributed by atoms with E-state index < -0.39 is 0 Å². The molecule has 2 aliphatic heterocycles. The normalized spacial score (nSPS) is 16.7. The molecule has 0 unspecified atom stereocenters. The largest absolute Gasteiger partial charge is 0.493 e. The van der Waals surface area contributed by atoms with Crippen LogP contribution in [0.25, 0.3) is 0 Å². The second kappa shape index (κ2) is 7.19. The summed E-state index contributed by atoms with van der Waals surface area (Å²) in [6.07, 6.45) is 1.00. The Bertz CT molecular complexity index is 864. The number of carbonyl (C=O) groups excluding carboxylic acids is 1. The Morgan fingerprint density at radius 1 is 1.19 bits per heavy atom. The number of nitrogens with zero attached hydrogens (tertiary/aromatic N) is 2. The second-order valence-electron chi connectivity index (χ2n) is 6.95. The molecule has 132 valence electrons. The van der Waals surface area contributed by atoms with Crippen molar-refractivity contribution in [1.29, 1.82) is 5.26 Å². The molecule has 0 aliphatic carbocycles. The van der Waals surface area contributed by atoms with Gasteiger partial charge in [0.25, 0.3) is 5.91 Å². The first-order valence-electron chi connectivity index (χ1n) is 9.10. The van der Waals surface area contributed by atoms with Crippen molar-refractivity contribution in [3.05, 3.63) is 64.7 Å². The Hall–Kier alpha value is -2.84. The monoisotopic (exact) mass is 348 g/mol. The maximum absolute atomic E-state index is 12.7. The summed E-state index contributed by atoms with van der Waals surface area (Å²) in [6.45, 7) is 5.16. The molecular weight excluding hydrogens is 326 g/mol. The van der Waals surface area contributed by atoms with E-state index in [1.54, 1.807) is 24.3 Å². The number of fused-ring (bicyclic) bond motifs is 1.